The third-order valence-corrected chi connectivity index (χ3v) is 9.82. The molecule has 0 aliphatic carbocycles. The molecule has 0 spiro atoms. The molecule has 0 bridgehead atoms. The normalized spacial score (nSPS) is 19.4. The van der Waals surface area contributed by atoms with Gasteiger partial charge in [-0.15, -0.1) is 23.1 Å². The van der Waals surface area contributed by atoms with Crippen LogP contribution in [0.4, 0.5) is 5.13 Å². The second-order valence-electron chi connectivity index (χ2n) is 8.87. The number of thiazole rings is 2. The number of nitrogens with two attached hydrogens (primary N) is 1. The predicted molar refractivity (Wildman–Crippen MR) is 148 cm³/mol. The van der Waals surface area contributed by atoms with E-state index < -0.39 is 40.8 Å². The maximum atomic E-state index is 13.2. The third kappa shape index (κ3) is 6.01. The molecule has 2 aliphatic heterocycles. The molecule has 2 atom stereocenters. The average molecular weight is 625 g/mol. The second kappa shape index (κ2) is 12.0. The van der Waals surface area contributed by atoms with Crippen LogP contribution < -0.4 is 20.7 Å². The van der Waals surface area contributed by atoms with Crippen molar-refractivity contribution < 1.29 is 38.8 Å². The Bertz CT molecular complexity index is 1450. The topological polar surface area (TPSA) is 191 Å². The van der Waals surface area contributed by atoms with Gasteiger partial charge in [-0.1, -0.05) is 22.6 Å². The fourth-order valence-electron chi connectivity index (χ4n) is 3.67. The van der Waals surface area contributed by atoms with Crippen LogP contribution in [-0.4, -0.2) is 73.5 Å². The Morgan fingerprint density at radius 2 is 2.17 bits per heavy atom. The minimum Gasteiger partial charge on any atom is -0.543 e. The molecule has 1 saturated heterocycles. The molecule has 2 aromatic rings. The van der Waals surface area contributed by atoms with Crippen LogP contribution in [-0.2, 0) is 30.6 Å². The minimum absolute atomic E-state index is 0.0250. The van der Waals surface area contributed by atoms with E-state index in [1.54, 1.807) is 29.2 Å². The first-order chi connectivity index (χ1) is 18.9. The monoisotopic (exact) mass is 624 g/mol. The van der Waals surface area contributed by atoms with E-state index >= 15 is 0 Å². The number of allylic oxidation sites excluding steroid dienone is 2. The second-order valence-corrected chi connectivity index (χ2v) is 12.8. The van der Waals surface area contributed by atoms with E-state index in [0.717, 1.165) is 20.6 Å². The molecular formula is C23H24N6O7S4. The van der Waals surface area contributed by atoms with Gasteiger partial charge in [-0.25, -0.2) is 9.78 Å². The number of oxime groups is 1. The number of nitrogens with zero attached hydrogens (tertiary/aromatic N) is 4. The van der Waals surface area contributed by atoms with Crippen molar-refractivity contribution in [3.05, 3.63) is 46.1 Å². The summed E-state index contributed by atoms with van der Waals surface area (Å²) in [4.78, 5) is 59.9. The highest BCUT2D eigenvalue weighted by Gasteiger charge is 2.53. The van der Waals surface area contributed by atoms with Crippen molar-refractivity contribution in [1.29, 1.82) is 0 Å². The van der Waals surface area contributed by atoms with Gasteiger partial charge < -0.3 is 30.9 Å². The van der Waals surface area contributed by atoms with Crippen molar-refractivity contribution in [2.45, 2.75) is 41.7 Å². The average Bonchev–Trinajstić information content (AvgIpc) is 3.55. The van der Waals surface area contributed by atoms with E-state index in [9.17, 15) is 29.4 Å². The SMILES string of the molecule is CSc1scc[n+]1C/C=C/C1=C(C(=O)[O-])N2C(=O)C(NC(=O)/C(=N\OC(C)(C)C(=O)O)c3csc(N)n3)[C@H]2SC1. The molecular weight excluding hydrogens is 601 g/mol. The van der Waals surface area contributed by atoms with E-state index in [-0.39, 0.29) is 28.0 Å². The zero-order valence-electron chi connectivity index (χ0n) is 21.4. The summed E-state index contributed by atoms with van der Waals surface area (Å²) in [5.74, 6) is -4.06. The van der Waals surface area contributed by atoms with Crippen LogP contribution in [0.2, 0.25) is 0 Å². The number of anilines is 1. The summed E-state index contributed by atoms with van der Waals surface area (Å²) < 4.78 is 3.11. The summed E-state index contributed by atoms with van der Waals surface area (Å²) >= 11 is 5.51. The molecule has 1 unspecified atom stereocenters. The number of hydrogen-bond donors (Lipinski definition) is 3. The van der Waals surface area contributed by atoms with Gasteiger partial charge in [0.25, 0.3) is 16.2 Å². The van der Waals surface area contributed by atoms with Crippen molar-refractivity contribution in [2.75, 3.05) is 17.7 Å². The number of carboxylic acid groups (broad SMARTS) is 2. The minimum atomic E-state index is -1.76. The van der Waals surface area contributed by atoms with Crippen molar-refractivity contribution in [3.8, 4) is 0 Å². The number of nitrogens with one attached hydrogen (secondary N) is 1. The van der Waals surface area contributed by atoms with Crippen LogP contribution >= 0.6 is 46.2 Å². The van der Waals surface area contributed by atoms with Gasteiger partial charge in [-0.2, -0.15) is 4.57 Å². The van der Waals surface area contributed by atoms with Crippen LogP contribution in [0.1, 0.15) is 19.5 Å². The molecule has 0 aromatic carbocycles. The predicted octanol–water partition coefficient (Wildman–Crippen LogP) is 0.0404. The van der Waals surface area contributed by atoms with Crippen LogP contribution in [0, 0.1) is 0 Å². The Morgan fingerprint density at radius 1 is 1.43 bits per heavy atom. The van der Waals surface area contributed by atoms with E-state index in [1.165, 1.54) is 31.0 Å². The van der Waals surface area contributed by atoms with Crippen molar-refractivity contribution in [3.63, 3.8) is 0 Å². The zero-order valence-corrected chi connectivity index (χ0v) is 24.6. The number of fused-ring (bicyclic) bond motifs is 1. The summed E-state index contributed by atoms with van der Waals surface area (Å²) in [6.45, 7) is 3.01. The number of nitrogen functional groups attached to an aromatic ring is 1. The fraction of sp³-hybridized carbons (Fsp3) is 0.348. The maximum absolute atomic E-state index is 13.2. The largest absolute Gasteiger partial charge is 0.543 e. The molecule has 212 valence electrons. The van der Waals surface area contributed by atoms with E-state index in [2.05, 4.69) is 15.5 Å². The van der Waals surface area contributed by atoms with Crippen LogP contribution in [0.3, 0.4) is 0 Å². The fourth-order valence-corrected chi connectivity index (χ4v) is 7.05. The highest BCUT2D eigenvalue weighted by molar-refractivity contribution is 8.00. The number of thioether (sulfide) groups is 2. The lowest BCUT2D eigenvalue weighted by Gasteiger charge is -2.50. The molecule has 4 N–H and O–H groups in total. The first-order valence-electron chi connectivity index (χ1n) is 11.5. The van der Waals surface area contributed by atoms with E-state index in [4.69, 9.17) is 10.6 Å². The molecule has 1 fully saturated rings. The molecule has 4 heterocycles. The molecule has 0 saturated carbocycles. The van der Waals surface area contributed by atoms with Crippen molar-refractivity contribution in [1.82, 2.24) is 15.2 Å². The van der Waals surface area contributed by atoms with Crippen LogP contribution in [0.15, 0.2) is 49.9 Å². The third-order valence-electron chi connectivity index (χ3n) is 5.78. The Morgan fingerprint density at radius 3 is 2.80 bits per heavy atom. The number of carbonyl (C=O) groups excluding carboxylic acids is 3. The van der Waals surface area contributed by atoms with E-state index in [0.29, 0.717) is 12.1 Å². The molecule has 17 heteroatoms. The highest BCUT2D eigenvalue weighted by atomic mass is 32.2. The lowest BCUT2D eigenvalue weighted by molar-refractivity contribution is -0.716. The molecule has 13 nitrogen and oxygen atoms in total. The van der Waals surface area contributed by atoms with Gasteiger partial charge in [0.2, 0.25) is 5.60 Å². The number of β-lactam (4-membered cyclic amide) rings is 1. The van der Waals surface area contributed by atoms with Gasteiger partial charge >= 0.3 is 5.97 Å². The molecule has 4 rings (SSSR count). The number of rotatable bonds is 11. The first kappa shape index (κ1) is 29.6. The van der Waals surface area contributed by atoms with Crippen LogP contribution in [0.25, 0.3) is 0 Å². The van der Waals surface area contributed by atoms with E-state index in [1.807, 2.05) is 28.5 Å². The van der Waals surface area contributed by atoms with Crippen LogP contribution in [0.5, 0.6) is 0 Å². The lowest BCUT2D eigenvalue weighted by atomic mass is 10.0. The van der Waals surface area contributed by atoms with Crippen molar-refractivity contribution in [2.24, 2.45) is 5.16 Å². The molecule has 0 radical (unpaired) electrons. The maximum Gasteiger partial charge on any atom is 0.350 e. The smallest absolute Gasteiger partial charge is 0.350 e. The molecule has 2 aromatic heterocycles. The number of carbonyl (C=O) groups is 4. The van der Waals surface area contributed by atoms with Gasteiger partial charge in [0.15, 0.2) is 23.6 Å². The number of aliphatic carboxylic acids is 2. The highest BCUT2D eigenvalue weighted by Crippen LogP contribution is 2.40. The summed E-state index contributed by atoms with van der Waals surface area (Å²) in [6, 6.07) is -1.07. The zero-order chi connectivity index (χ0) is 29.2. The van der Waals surface area contributed by atoms with Gasteiger partial charge in [-0.3, -0.25) is 14.5 Å². The summed E-state index contributed by atoms with van der Waals surface area (Å²) in [5, 5.41) is 30.4. The lowest BCUT2D eigenvalue weighted by Crippen LogP contribution is -2.71. The number of amides is 2. The molecule has 2 amide bonds. The number of carboxylic acids is 2. The standard InChI is InChI=1S/C23H24N6O7S4/c1-23(2,20(34)35)36-27-13(12-10-40-21(24)25-12)16(30)26-14-17(31)29-15(19(32)33)11(9-39-18(14)29)5-4-6-28-7-8-38-22(28)37-3/h4-5,7-8,10,14,18H,6,9H2,1-3H3,(H4-,24,25,26,30,32,33,34,35)/b5-4+,27-13-/t14?,18-/m1/s1. The molecule has 2 aliphatic rings. The quantitative estimate of drug-likeness (QED) is 0.101. The Hall–Kier alpha value is -3.41. The van der Waals surface area contributed by atoms with Gasteiger partial charge in [-0.05, 0) is 43.5 Å². The summed E-state index contributed by atoms with van der Waals surface area (Å²) in [6.07, 6.45) is 7.38. The van der Waals surface area contributed by atoms with Gasteiger partial charge in [0.1, 0.15) is 17.1 Å². The summed E-state index contributed by atoms with van der Waals surface area (Å²) in [5.41, 5.74) is 3.73. The van der Waals surface area contributed by atoms with Gasteiger partial charge in [0, 0.05) is 11.1 Å². The Kier molecular flexibility index (Phi) is 8.86. The summed E-state index contributed by atoms with van der Waals surface area (Å²) in [7, 11) is 0. The van der Waals surface area contributed by atoms with Crippen molar-refractivity contribution >= 4 is 80.8 Å². The molecule has 40 heavy (non-hydrogen) atoms. The number of hydrogen-bond acceptors (Lipinski definition) is 13. The first-order valence-corrected chi connectivity index (χ1v) is 15.6. The number of aromatic nitrogens is 2. The van der Waals surface area contributed by atoms with Gasteiger partial charge in [0.05, 0.1) is 17.0 Å². The Labute approximate surface area is 244 Å². The Balaban J connectivity index is 1.52.